The van der Waals surface area contributed by atoms with Crippen molar-refractivity contribution in [3.63, 3.8) is 0 Å². The van der Waals surface area contributed by atoms with Gasteiger partial charge in [-0.25, -0.2) is 4.79 Å². The van der Waals surface area contributed by atoms with Crippen LogP contribution in [-0.4, -0.2) is 54.8 Å². The summed E-state index contributed by atoms with van der Waals surface area (Å²) in [5, 5.41) is 0. The molecule has 0 unspecified atom stereocenters. The second-order valence-electron chi connectivity index (χ2n) is 9.04. The summed E-state index contributed by atoms with van der Waals surface area (Å²) in [6, 6.07) is 7.96. The Kier molecular flexibility index (Phi) is 6.30. The molecule has 158 valence electrons. The highest BCUT2D eigenvalue weighted by atomic mass is 16.6. The van der Waals surface area contributed by atoms with Crippen LogP contribution in [0.25, 0.3) is 0 Å². The van der Waals surface area contributed by atoms with Crippen LogP contribution in [0.15, 0.2) is 29.3 Å². The smallest absolute Gasteiger partial charge is 0.409 e. The van der Waals surface area contributed by atoms with Crippen molar-refractivity contribution in [1.29, 1.82) is 0 Å². The topological polar surface area (TPSA) is 68.2 Å². The third-order valence-electron chi connectivity index (χ3n) is 5.97. The summed E-state index contributed by atoms with van der Waals surface area (Å²) in [5.41, 5.74) is 1.50. The van der Waals surface area contributed by atoms with Gasteiger partial charge in [0.2, 0.25) is 0 Å². The maximum absolute atomic E-state index is 12.0. The molecule has 6 nitrogen and oxygen atoms in total. The fraction of sp³-hybridized carbons (Fsp3) is 0.609. The van der Waals surface area contributed by atoms with E-state index in [9.17, 15) is 9.59 Å². The number of carbonyl (C=O) groups is 2. The predicted molar refractivity (Wildman–Crippen MR) is 113 cm³/mol. The Morgan fingerprint density at radius 1 is 1.31 bits per heavy atom. The van der Waals surface area contributed by atoms with Crippen LogP contribution in [0, 0.1) is 11.3 Å². The van der Waals surface area contributed by atoms with Crippen LogP contribution in [0.5, 0.6) is 5.75 Å². The Bertz CT molecular complexity index is 773. The van der Waals surface area contributed by atoms with Crippen molar-refractivity contribution in [2.24, 2.45) is 16.3 Å². The van der Waals surface area contributed by atoms with Gasteiger partial charge in [-0.1, -0.05) is 32.9 Å². The molecule has 2 aliphatic heterocycles. The predicted octanol–water partition coefficient (Wildman–Crippen LogP) is 4.11. The molecule has 1 saturated heterocycles. The number of para-hydroxylation sites is 1. The van der Waals surface area contributed by atoms with Crippen molar-refractivity contribution in [2.45, 2.75) is 52.6 Å². The minimum Gasteiger partial charge on any atom is -0.486 e. The molecule has 1 spiro atoms. The second-order valence-corrected chi connectivity index (χ2v) is 9.04. The van der Waals surface area contributed by atoms with E-state index in [4.69, 9.17) is 14.5 Å². The van der Waals surface area contributed by atoms with Gasteiger partial charge in [0, 0.05) is 56.1 Å². The number of ether oxygens (including phenoxy) is 2. The Labute approximate surface area is 173 Å². The number of piperidine rings is 1. The van der Waals surface area contributed by atoms with Gasteiger partial charge in [0.25, 0.3) is 0 Å². The van der Waals surface area contributed by atoms with Crippen molar-refractivity contribution in [3.8, 4) is 5.75 Å². The van der Waals surface area contributed by atoms with Crippen LogP contribution in [0.4, 0.5) is 4.79 Å². The van der Waals surface area contributed by atoms with E-state index in [-0.39, 0.29) is 23.0 Å². The molecule has 1 aromatic carbocycles. The number of rotatable bonds is 4. The van der Waals surface area contributed by atoms with Gasteiger partial charge >= 0.3 is 6.09 Å². The molecule has 1 atom stereocenters. The van der Waals surface area contributed by atoms with E-state index in [2.05, 4.69) is 20.8 Å². The average molecular weight is 401 g/mol. The highest BCUT2D eigenvalue weighted by molar-refractivity contribution is 6.04. The molecule has 2 heterocycles. The second kappa shape index (κ2) is 8.56. The van der Waals surface area contributed by atoms with Crippen molar-refractivity contribution in [2.75, 3.05) is 26.2 Å². The zero-order valence-corrected chi connectivity index (χ0v) is 17.9. The maximum atomic E-state index is 12.0. The first-order valence-corrected chi connectivity index (χ1v) is 10.5. The Morgan fingerprint density at radius 3 is 2.62 bits per heavy atom. The third kappa shape index (κ3) is 4.80. The van der Waals surface area contributed by atoms with E-state index < -0.39 is 0 Å². The van der Waals surface area contributed by atoms with E-state index >= 15 is 0 Å². The quantitative estimate of drug-likeness (QED) is 0.713. The summed E-state index contributed by atoms with van der Waals surface area (Å²) in [4.78, 5) is 30.3. The van der Waals surface area contributed by atoms with Gasteiger partial charge in [-0.2, -0.15) is 0 Å². The molecule has 0 aliphatic carbocycles. The van der Waals surface area contributed by atoms with Crippen molar-refractivity contribution in [3.05, 3.63) is 29.8 Å². The van der Waals surface area contributed by atoms with Gasteiger partial charge in [0.05, 0.1) is 6.61 Å². The zero-order chi connectivity index (χ0) is 21.1. The summed E-state index contributed by atoms with van der Waals surface area (Å²) in [6.45, 7) is 10.1. The lowest BCUT2D eigenvalue weighted by molar-refractivity contribution is -0.113. The van der Waals surface area contributed by atoms with Gasteiger partial charge in [0.15, 0.2) is 0 Å². The van der Waals surface area contributed by atoms with Crippen LogP contribution < -0.4 is 4.74 Å². The molecule has 0 saturated carbocycles. The molecule has 1 amide bonds. The van der Waals surface area contributed by atoms with Crippen LogP contribution in [0.3, 0.4) is 0 Å². The standard InChI is InChI=1S/C23H32N2O4/c1-5-28-21(27)25-12-10-23(11-13-25)14-19(18-8-6-7-9-20(18)29-23)24-15-17(16-26)22(2,3)4/h6-9,16-17H,5,10-15H2,1-4H3/t17-/m1/s1. The molecule has 3 rings (SSSR count). The molecule has 0 radical (unpaired) electrons. The number of carbonyl (C=O) groups excluding carboxylic acids is 2. The summed E-state index contributed by atoms with van der Waals surface area (Å²) in [6.07, 6.45) is 2.91. The van der Waals surface area contributed by atoms with Crippen LogP contribution in [-0.2, 0) is 9.53 Å². The number of nitrogens with zero attached hydrogens (tertiary/aromatic N) is 2. The zero-order valence-electron chi connectivity index (χ0n) is 17.9. The van der Waals surface area contributed by atoms with Gasteiger partial charge < -0.3 is 19.2 Å². The highest BCUT2D eigenvalue weighted by Gasteiger charge is 2.43. The number of fused-ring (bicyclic) bond motifs is 1. The van der Waals surface area contributed by atoms with Crippen LogP contribution in [0.1, 0.15) is 52.5 Å². The van der Waals surface area contributed by atoms with Gasteiger partial charge in [-0.05, 0) is 24.5 Å². The van der Waals surface area contributed by atoms with E-state index in [1.807, 2.05) is 31.2 Å². The molecule has 6 heteroatoms. The lowest BCUT2D eigenvalue weighted by atomic mass is 9.80. The Hall–Kier alpha value is -2.37. The Morgan fingerprint density at radius 2 is 2.00 bits per heavy atom. The molecule has 0 bridgehead atoms. The summed E-state index contributed by atoms with van der Waals surface area (Å²) < 4.78 is 11.6. The first-order chi connectivity index (χ1) is 13.8. The largest absolute Gasteiger partial charge is 0.486 e. The number of amides is 1. The summed E-state index contributed by atoms with van der Waals surface area (Å²) in [5.74, 6) is 0.701. The number of hydrogen-bond donors (Lipinski definition) is 0. The molecular formula is C23H32N2O4. The van der Waals surface area contributed by atoms with E-state index in [1.54, 1.807) is 4.90 Å². The molecule has 29 heavy (non-hydrogen) atoms. The number of aliphatic imine (C=N–C) groups is 1. The number of benzene rings is 1. The highest BCUT2D eigenvalue weighted by Crippen LogP contribution is 2.40. The monoisotopic (exact) mass is 400 g/mol. The first kappa shape index (κ1) is 21.3. The summed E-state index contributed by atoms with van der Waals surface area (Å²) in [7, 11) is 0. The van der Waals surface area contributed by atoms with Gasteiger partial charge in [0.1, 0.15) is 17.6 Å². The van der Waals surface area contributed by atoms with Crippen molar-refractivity contribution in [1.82, 2.24) is 4.90 Å². The minimum atomic E-state index is -0.366. The van der Waals surface area contributed by atoms with E-state index in [1.165, 1.54) is 0 Å². The van der Waals surface area contributed by atoms with E-state index in [0.717, 1.165) is 36.2 Å². The maximum Gasteiger partial charge on any atom is 0.409 e. The number of hydrogen-bond acceptors (Lipinski definition) is 5. The van der Waals surface area contributed by atoms with E-state index in [0.29, 0.717) is 32.7 Å². The van der Waals surface area contributed by atoms with Crippen LogP contribution in [0.2, 0.25) is 0 Å². The van der Waals surface area contributed by atoms with Crippen LogP contribution >= 0.6 is 0 Å². The molecule has 2 aliphatic rings. The molecule has 0 N–H and O–H groups in total. The molecule has 0 aromatic heterocycles. The minimum absolute atomic E-state index is 0.126. The fourth-order valence-electron chi connectivity index (χ4n) is 3.92. The van der Waals surface area contributed by atoms with Crippen molar-refractivity contribution >= 4 is 18.1 Å². The fourth-order valence-corrected chi connectivity index (χ4v) is 3.92. The number of aldehydes is 1. The van der Waals surface area contributed by atoms with Gasteiger partial charge in [-0.15, -0.1) is 0 Å². The Balaban J connectivity index is 1.81. The number of likely N-dealkylation sites (tertiary alicyclic amines) is 1. The molecule has 1 aromatic rings. The summed E-state index contributed by atoms with van der Waals surface area (Å²) >= 11 is 0. The van der Waals surface area contributed by atoms with Gasteiger partial charge in [-0.3, -0.25) is 4.99 Å². The molecule has 1 fully saturated rings. The molecular weight excluding hydrogens is 368 g/mol. The van der Waals surface area contributed by atoms with Crippen molar-refractivity contribution < 1.29 is 19.1 Å². The lowest BCUT2D eigenvalue weighted by Gasteiger charge is -2.44. The SMILES string of the molecule is CCOC(=O)N1CCC2(CC1)CC(=NC[C@H](C=O)C(C)(C)C)c1ccccc1O2. The first-order valence-electron chi connectivity index (χ1n) is 10.5. The third-order valence-corrected chi connectivity index (χ3v) is 5.97. The average Bonchev–Trinajstić information content (AvgIpc) is 2.68. The normalized spacial score (nSPS) is 20.7. The lowest BCUT2D eigenvalue weighted by Crippen LogP contribution is -2.52.